The van der Waals surface area contributed by atoms with E-state index in [2.05, 4.69) is 52.5 Å². The van der Waals surface area contributed by atoms with Gasteiger partial charge in [0, 0.05) is 24.5 Å². The third-order valence-corrected chi connectivity index (χ3v) is 3.97. The van der Waals surface area contributed by atoms with Gasteiger partial charge in [-0.2, -0.15) is 0 Å². The van der Waals surface area contributed by atoms with Crippen molar-refractivity contribution < 1.29 is 0 Å². The fourth-order valence-corrected chi connectivity index (χ4v) is 2.63. The minimum Gasteiger partial charge on any atom is -0.313 e. The molecule has 0 aliphatic heterocycles. The van der Waals surface area contributed by atoms with Crippen molar-refractivity contribution in [2.45, 2.75) is 38.1 Å². The van der Waals surface area contributed by atoms with E-state index in [-0.39, 0.29) is 5.41 Å². The van der Waals surface area contributed by atoms with Gasteiger partial charge in [-0.25, -0.2) is 9.97 Å². The van der Waals surface area contributed by atoms with Gasteiger partial charge in [0.05, 0.1) is 5.41 Å². The first-order chi connectivity index (χ1) is 9.85. The van der Waals surface area contributed by atoms with E-state index in [1.54, 1.807) is 0 Å². The lowest BCUT2D eigenvalue weighted by Crippen LogP contribution is -2.16. The van der Waals surface area contributed by atoms with Crippen LogP contribution in [0.1, 0.15) is 43.1 Å². The largest absolute Gasteiger partial charge is 0.313 e. The molecular formula is C17H21N3. The van der Waals surface area contributed by atoms with E-state index in [1.165, 1.54) is 5.56 Å². The zero-order chi connectivity index (χ0) is 13.8. The average Bonchev–Trinajstić information content (AvgIpc) is 3.31. The lowest BCUT2D eigenvalue weighted by Gasteiger charge is -2.14. The molecule has 1 aromatic carbocycles. The van der Waals surface area contributed by atoms with E-state index in [9.17, 15) is 0 Å². The van der Waals surface area contributed by atoms with Gasteiger partial charge in [0.1, 0.15) is 5.82 Å². The normalized spacial score (nSPS) is 16.1. The van der Waals surface area contributed by atoms with Crippen LogP contribution in [0.2, 0.25) is 0 Å². The van der Waals surface area contributed by atoms with Crippen molar-refractivity contribution in [3.63, 3.8) is 0 Å². The smallest absolute Gasteiger partial charge is 0.138 e. The van der Waals surface area contributed by atoms with Gasteiger partial charge in [-0.3, -0.25) is 0 Å². The van der Waals surface area contributed by atoms with Crippen LogP contribution in [0, 0.1) is 0 Å². The van der Waals surface area contributed by atoms with E-state index in [0.29, 0.717) is 0 Å². The van der Waals surface area contributed by atoms with Crippen LogP contribution >= 0.6 is 0 Å². The SMILES string of the molecule is CCCNCc1cnc(C2(c3ccccc3)CC2)nc1. The summed E-state index contributed by atoms with van der Waals surface area (Å²) in [5.74, 6) is 0.975. The molecule has 0 bridgehead atoms. The van der Waals surface area contributed by atoms with Crippen LogP contribution in [-0.4, -0.2) is 16.5 Å². The third-order valence-electron chi connectivity index (χ3n) is 3.97. The van der Waals surface area contributed by atoms with Crippen LogP contribution in [-0.2, 0) is 12.0 Å². The van der Waals surface area contributed by atoms with Crippen LogP contribution < -0.4 is 5.32 Å². The predicted molar refractivity (Wildman–Crippen MR) is 80.5 cm³/mol. The molecule has 1 aromatic heterocycles. The Kier molecular flexibility index (Phi) is 3.79. The maximum absolute atomic E-state index is 4.62. The monoisotopic (exact) mass is 267 g/mol. The Morgan fingerprint density at radius 2 is 1.80 bits per heavy atom. The van der Waals surface area contributed by atoms with Crippen molar-refractivity contribution in [3.8, 4) is 0 Å². The molecule has 1 aliphatic rings. The van der Waals surface area contributed by atoms with Crippen LogP contribution in [0.5, 0.6) is 0 Å². The molecule has 0 saturated heterocycles. The molecule has 0 atom stereocenters. The first-order valence-corrected chi connectivity index (χ1v) is 7.43. The molecule has 1 N–H and O–H groups in total. The Balaban J connectivity index is 1.75. The van der Waals surface area contributed by atoms with Crippen LogP contribution in [0.15, 0.2) is 42.7 Å². The van der Waals surface area contributed by atoms with Crippen molar-refractivity contribution in [2.75, 3.05) is 6.54 Å². The Morgan fingerprint density at radius 3 is 2.40 bits per heavy atom. The van der Waals surface area contributed by atoms with E-state index >= 15 is 0 Å². The molecule has 1 saturated carbocycles. The molecule has 1 heterocycles. The zero-order valence-electron chi connectivity index (χ0n) is 12.0. The quantitative estimate of drug-likeness (QED) is 0.817. The lowest BCUT2D eigenvalue weighted by atomic mass is 9.95. The van der Waals surface area contributed by atoms with E-state index < -0.39 is 0 Å². The average molecular weight is 267 g/mol. The molecule has 2 aromatic rings. The lowest BCUT2D eigenvalue weighted by molar-refractivity contribution is 0.666. The highest BCUT2D eigenvalue weighted by Gasteiger charge is 2.48. The third kappa shape index (κ3) is 2.59. The summed E-state index contributed by atoms with van der Waals surface area (Å²) in [5.41, 5.74) is 2.58. The summed E-state index contributed by atoms with van der Waals surface area (Å²) in [6, 6.07) is 10.6. The van der Waals surface area contributed by atoms with Crippen LogP contribution in [0.3, 0.4) is 0 Å². The van der Waals surface area contributed by atoms with Crippen molar-refractivity contribution in [1.82, 2.24) is 15.3 Å². The summed E-state index contributed by atoms with van der Waals surface area (Å²) in [4.78, 5) is 9.23. The second kappa shape index (κ2) is 5.71. The summed E-state index contributed by atoms with van der Waals surface area (Å²) >= 11 is 0. The van der Waals surface area contributed by atoms with Crippen molar-refractivity contribution in [1.29, 1.82) is 0 Å². The standard InChI is InChI=1S/C17H21N3/c1-2-10-18-11-14-12-19-16(20-13-14)17(8-9-17)15-6-4-3-5-7-15/h3-7,12-13,18H,2,8-11H2,1H3. The fraction of sp³-hybridized carbons (Fsp3) is 0.412. The highest BCUT2D eigenvalue weighted by atomic mass is 14.9. The van der Waals surface area contributed by atoms with Gasteiger partial charge < -0.3 is 5.32 Å². The summed E-state index contributed by atoms with van der Waals surface area (Å²) in [5, 5.41) is 3.38. The zero-order valence-corrected chi connectivity index (χ0v) is 12.0. The number of rotatable bonds is 6. The van der Waals surface area contributed by atoms with Gasteiger partial charge in [0.15, 0.2) is 0 Å². The van der Waals surface area contributed by atoms with Gasteiger partial charge >= 0.3 is 0 Å². The van der Waals surface area contributed by atoms with Crippen molar-refractivity contribution >= 4 is 0 Å². The minimum atomic E-state index is 0.0800. The highest BCUT2D eigenvalue weighted by molar-refractivity contribution is 5.39. The van der Waals surface area contributed by atoms with Gasteiger partial charge in [-0.05, 0) is 31.4 Å². The molecule has 0 amide bonds. The Morgan fingerprint density at radius 1 is 1.10 bits per heavy atom. The molecule has 3 rings (SSSR count). The topological polar surface area (TPSA) is 37.8 Å². The first kappa shape index (κ1) is 13.3. The highest BCUT2D eigenvalue weighted by Crippen LogP contribution is 2.51. The molecule has 0 unspecified atom stereocenters. The molecule has 20 heavy (non-hydrogen) atoms. The number of hydrogen-bond acceptors (Lipinski definition) is 3. The van der Waals surface area contributed by atoms with Gasteiger partial charge in [0.2, 0.25) is 0 Å². The molecule has 104 valence electrons. The second-order valence-electron chi connectivity index (χ2n) is 5.54. The molecule has 0 radical (unpaired) electrons. The second-order valence-corrected chi connectivity index (χ2v) is 5.54. The Labute approximate surface area is 120 Å². The number of benzene rings is 1. The van der Waals surface area contributed by atoms with Gasteiger partial charge in [-0.15, -0.1) is 0 Å². The van der Waals surface area contributed by atoms with Gasteiger partial charge in [-0.1, -0.05) is 37.3 Å². The summed E-state index contributed by atoms with van der Waals surface area (Å²) in [7, 11) is 0. The summed E-state index contributed by atoms with van der Waals surface area (Å²) in [6.45, 7) is 4.06. The van der Waals surface area contributed by atoms with Crippen molar-refractivity contribution in [3.05, 3.63) is 59.7 Å². The molecular weight excluding hydrogens is 246 g/mol. The number of aromatic nitrogens is 2. The predicted octanol–water partition coefficient (Wildman–Crippen LogP) is 3.06. The molecule has 1 aliphatic carbocycles. The first-order valence-electron chi connectivity index (χ1n) is 7.43. The number of nitrogens with zero attached hydrogens (tertiary/aromatic N) is 2. The Hall–Kier alpha value is -1.74. The van der Waals surface area contributed by atoms with E-state index in [1.807, 2.05) is 12.4 Å². The van der Waals surface area contributed by atoms with Crippen LogP contribution in [0.4, 0.5) is 0 Å². The number of nitrogens with one attached hydrogen (secondary N) is 1. The van der Waals surface area contributed by atoms with Gasteiger partial charge in [0.25, 0.3) is 0 Å². The minimum absolute atomic E-state index is 0.0800. The van der Waals surface area contributed by atoms with Crippen LogP contribution in [0.25, 0.3) is 0 Å². The maximum atomic E-state index is 4.62. The summed E-state index contributed by atoms with van der Waals surface area (Å²) in [6.07, 6.45) is 7.40. The summed E-state index contributed by atoms with van der Waals surface area (Å²) < 4.78 is 0. The fourth-order valence-electron chi connectivity index (χ4n) is 2.63. The van der Waals surface area contributed by atoms with Crippen molar-refractivity contribution in [2.24, 2.45) is 0 Å². The molecule has 0 spiro atoms. The molecule has 1 fully saturated rings. The van der Waals surface area contributed by atoms with E-state index in [4.69, 9.17) is 0 Å². The molecule has 3 heteroatoms. The maximum Gasteiger partial charge on any atom is 0.138 e. The Bertz CT molecular complexity index is 544. The number of hydrogen-bond donors (Lipinski definition) is 1. The van der Waals surface area contributed by atoms with E-state index in [0.717, 1.165) is 43.7 Å². The molecule has 3 nitrogen and oxygen atoms in total.